The Balaban J connectivity index is 1.68. The molecule has 0 spiro atoms. The zero-order valence-electron chi connectivity index (χ0n) is 10.6. The second-order valence-electron chi connectivity index (χ2n) is 3.93. The van der Waals surface area contributed by atoms with E-state index in [1.54, 1.807) is 17.6 Å². The van der Waals surface area contributed by atoms with Crippen molar-refractivity contribution in [1.82, 2.24) is 5.43 Å². The largest absolute Gasteiger partial charge is 0.272 e. The lowest BCUT2D eigenvalue weighted by Crippen LogP contribution is -2.19. The van der Waals surface area contributed by atoms with Gasteiger partial charge in [-0.15, -0.1) is 23.1 Å². The first-order valence-corrected chi connectivity index (χ1v) is 8.33. The van der Waals surface area contributed by atoms with Gasteiger partial charge in [-0.3, -0.25) is 4.79 Å². The molecule has 0 aliphatic carbocycles. The summed E-state index contributed by atoms with van der Waals surface area (Å²) in [4.78, 5) is 12.6. The zero-order chi connectivity index (χ0) is 14.2. The van der Waals surface area contributed by atoms with Gasteiger partial charge in [0, 0.05) is 15.7 Å². The molecule has 0 aliphatic rings. The first-order valence-electron chi connectivity index (χ1n) is 5.91. The van der Waals surface area contributed by atoms with Crippen LogP contribution in [0.4, 0.5) is 0 Å². The van der Waals surface area contributed by atoms with Crippen LogP contribution in [0.2, 0.25) is 5.02 Å². The number of carbonyl (C=O) groups excluding carboxylic acids is 1. The van der Waals surface area contributed by atoms with Crippen molar-refractivity contribution in [2.75, 3.05) is 5.75 Å². The third-order valence-corrected chi connectivity index (χ3v) is 4.36. The lowest BCUT2D eigenvalue weighted by Gasteiger charge is -2.01. The molecule has 1 heterocycles. The highest BCUT2D eigenvalue weighted by molar-refractivity contribution is 7.99. The summed E-state index contributed by atoms with van der Waals surface area (Å²) in [6, 6.07) is 11.5. The Morgan fingerprint density at radius 1 is 1.40 bits per heavy atom. The van der Waals surface area contributed by atoms with Crippen molar-refractivity contribution in [2.45, 2.75) is 5.75 Å². The SMILES string of the molecule is O=C(CSCc1cccc(Cl)c1)N/N=C\c1cccs1. The molecule has 2 aromatic rings. The molecule has 1 aromatic carbocycles. The van der Waals surface area contributed by atoms with Crippen molar-refractivity contribution in [2.24, 2.45) is 5.10 Å². The maximum atomic E-state index is 11.6. The molecule has 2 rings (SSSR count). The van der Waals surface area contributed by atoms with Gasteiger partial charge in [-0.25, -0.2) is 5.43 Å². The third kappa shape index (κ3) is 5.36. The summed E-state index contributed by atoms with van der Waals surface area (Å²) in [5.74, 6) is 1.02. The maximum Gasteiger partial charge on any atom is 0.250 e. The molecule has 3 nitrogen and oxygen atoms in total. The second kappa shape index (κ2) is 8.09. The van der Waals surface area contributed by atoms with Gasteiger partial charge in [-0.05, 0) is 29.1 Å². The van der Waals surface area contributed by atoms with Crippen LogP contribution < -0.4 is 5.43 Å². The fourth-order valence-corrected chi connectivity index (χ4v) is 3.02. The van der Waals surface area contributed by atoms with Gasteiger partial charge in [-0.2, -0.15) is 5.10 Å². The summed E-state index contributed by atoms with van der Waals surface area (Å²) in [7, 11) is 0. The lowest BCUT2D eigenvalue weighted by molar-refractivity contribution is -0.118. The van der Waals surface area contributed by atoms with E-state index >= 15 is 0 Å². The van der Waals surface area contributed by atoms with Gasteiger partial charge in [0.2, 0.25) is 5.91 Å². The van der Waals surface area contributed by atoms with Crippen LogP contribution in [-0.4, -0.2) is 17.9 Å². The van der Waals surface area contributed by atoms with E-state index in [1.807, 2.05) is 41.8 Å². The van der Waals surface area contributed by atoms with Gasteiger partial charge in [-0.1, -0.05) is 29.8 Å². The number of amides is 1. The average Bonchev–Trinajstić information content (AvgIpc) is 2.92. The number of thiophene rings is 1. The molecule has 1 aromatic heterocycles. The minimum atomic E-state index is -0.107. The van der Waals surface area contributed by atoms with E-state index in [0.29, 0.717) is 10.8 Å². The Kier molecular flexibility index (Phi) is 6.11. The molecule has 104 valence electrons. The predicted octanol–water partition coefficient (Wildman–Crippen LogP) is 3.79. The molecule has 1 amide bonds. The molecule has 0 saturated heterocycles. The van der Waals surface area contributed by atoms with Crippen molar-refractivity contribution in [3.8, 4) is 0 Å². The Bertz CT molecular complexity index is 585. The summed E-state index contributed by atoms with van der Waals surface area (Å²) in [5, 5.41) is 6.58. The number of hydrogen-bond acceptors (Lipinski definition) is 4. The molecular weight excluding hydrogens is 312 g/mol. The molecule has 0 radical (unpaired) electrons. The van der Waals surface area contributed by atoms with Crippen molar-refractivity contribution in [1.29, 1.82) is 0 Å². The third-order valence-electron chi connectivity index (χ3n) is 2.32. The van der Waals surface area contributed by atoms with Gasteiger partial charge in [0.15, 0.2) is 0 Å². The molecule has 6 heteroatoms. The molecule has 0 bridgehead atoms. The van der Waals surface area contributed by atoms with E-state index < -0.39 is 0 Å². The molecule has 0 saturated carbocycles. The summed E-state index contributed by atoms with van der Waals surface area (Å²) in [6.45, 7) is 0. The topological polar surface area (TPSA) is 41.5 Å². The highest BCUT2D eigenvalue weighted by atomic mass is 35.5. The van der Waals surface area contributed by atoms with Gasteiger partial charge < -0.3 is 0 Å². The number of hydrazone groups is 1. The van der Waals surface area contributed by atoms with E-state index in [1.165, 1.54) is 11.8 Å². The lowest BCUT2D eigenvalue weighted by atomic mass is 10.2. The zero-order valence-corrected chi connectivity index (χ0v) is 13.0. The molecule has 20 heavy (non-hydrogen) atoms. The van der Waals surface area contributed by atoms with Crippen LogP contribution in [-0.2, 0) is 10.5 Å². The number of thioether (sulfide) groups is 1. The standard InChI is InChI=1S/C14H13ClN2OS2/c15-12-4-1-3-11(7-12)9-19-10-14(18)17-16-8-13-5-2-6-20-13/h1-8H,9-10H2,(H,17,18)/b16-8-. The minimum absolute atomic E-state index is 0.107. The number of halogens is 1. The molecule has 1 N–H and O–H groups in total. The minimum Gasteiger partial charge on any atom is -0.272 e. The van der Waals surface area contributed by atoms with Crippen LogP contribution in [0.15, 0.2) is 46.9 Å². The number of rotatable bonds is 6. The van der Waals surface area contributed by atoms with Crippen molar-refractivity contribution < 1.29 is 4.79 Å². The van der Waals surface area contributed by atoms with E-state index in [2.05, 4.69) is 10.5 Å². The van der Waals surface area contributed by atoms with Crippen molar-refractivity contribution in [3.05, 3.63) is 57.2 Å². The molecule has 0 unspecified atom stereocenters. The molecular formula is C14H13ClN2OS2. The van der Waals surface area contributed by atoms with E-state index in [0.717, 1.165) is 16.2 Å². The van der Waals surface area contributed by atoms with Crippen LogP contribution in [0.1, 0.15) is 10.4 Å². The van der Waals surface area contributed by atoms with Gasteiger partial charge in [0.1, 0.15) is 0 Å². The van der Waals surface area contributed by atoms with Gasteiger partial charge in [0.25, 0.3) is 0 Å². The number of carbonyl (C=O) groups is 1. The predicted molar refractivity (Wildman–Crippen MR) is 87.7 cm³/mol. The van der Waals surface area contributed by atoms with Gasteiger partial charge >= 0.3 is 0 Å². The highest BCUT2D eigenvalue weighted by Gasteiger charge is 2.01. The summed E-state index contributed by atoms with van der Waals surface area (Å²) in [5.41, 5.74) is 3.62. The normalized spacial score (nSPS) is 10.8. The van der Waals surface area contributed by atoms with Crippen molar-refractivity contribution in [3.63, 3.8) is 0 Å². The quantitative estimate of drug-likeness (QED) is 0.649. The Labute approximate surface area is 131 Å². The first kappa shape index (κ1) is 15.1. The smallest absolute Gasteiger partial charge is 0.250 e. The van der Waals surface area contributed by atoms with Gasteiger partial charge in [0.05, 0.1) is 12.0 Å². The Morgan fingerprint density at radius 3 is 3.05 bits per heavy atom. The highest BCUT2D eigenvalue weighted by Crippen LogP contribution is 2.16. The number of nitrogens with one attached hydrogen (secondary N) is 1. The molecule has 0 aliphatic heterocycles. The van der Waals surface area contributed by atoms with E-state index in [4.69, 9.17) is 11.6 Å². The van der Waals surface area contributed by atoms with E-state index in [-0.39, 0.29) is 5.91 Å². The van der Waals surface area contributed by atoms with Crippen LogP contribution in [0, 0.1) is 0 Å². The Hall–Kier alpha value is -1.30. The van der Waals surface area contributed by atoms with E-state index in [9.17, 15) is 4.79 Å². The average molecular weight is 325 g/mol. The summed E-state index contributed by atoms with van der Waals surface area (Å²) >= 11 is 9.00. The number of nitrogens with zero attached hydrogens (tertiary/aromatic N) is 1. The van der Waals surface area contributed by atoms with Crippen molar-refractivity contribution >= 4 is 46.8 Å². The van der Waals surface area contributed by atoms with Crippen LogP contribution >= 0.6 is 34.7 Å². The number of benzene rings is 1. The first-order chi connectivity index (χ1) is 9.74. The van der Waals surface area contributed by atoms with Crippen LogP contribution in [0.5, 0.6) is 0 Å². The second-order valence-corrected chi connectivity index (χ2v) is 6.33. The van der Waals surface area contributed by atoms with Crippen LogP contribution in [0.3, 0.4) is 0 Å². The summed E-state index contributed by atoms with van der Waals surface area (Å²) < 4.78 is 0. The summed E-state index contributed by atoms with van der Waals surface area (Å²) in [6.07, 6.45) is 1.64. The Morgan fingerprint density at radius 2 is 2.30 bits per heavy atom. The monoisotopic (exact) mass is 324 g/mol. The fraction of sp³-hybridized carbons (Fsp3) is 0.143. The maximum absolute atomic E-state index is 11.6. The van der Waals surface area contributed by atoms with Crippen LogP contribution in [0.25, 0.3) is 0 Å². The number of hydrogen-bond donors (Lipinski definition) is 1. The molecule has 0 fully saturated rings. The fourth-order valence-electron chi connectivity index (χ4n) is 1.45. The molecule has 0 atom stereocenters.